The van der Waals surface area contributed by atoms with E-state index >= 15 is 0 Å². The van der Waals surface area contributed by atoms with Gasteiger partial charge in [0.2, 0.25) is 6.39 Å². The predicted octanol–water partition coefficient (Wildman–Crippen LogP) is 2.19. The number of benzene rings is 1. The summed E-state index contributed by atoms with van der Waals surface area (Å²) in [6, 6.07) is 7.60. The molecule has 1 atom stereocenters. The molecule has 2 amide bonds. The lowest BCUT2D eigenvalue weighted by atomic mass is 9.96. The number of piperidine rings is 1. The number of carbonyl (C=O) groups is 1. The summed E-state index contributed by atoms with van der Waals surface area (Å²) in [4.78, 5) is 18.3. The number of rotatable bonds is 4. The summed E-state index contributed by atoms with van der Waals surface area (Å²) in [6.07, 6.45) is 3.71. The normalized spacial score (nSPS) is 20.0. The van der Waals surface area contributed by atoms with Crippen LogP contribution in [0, 0.1) is 0 Å². The molecule has 0 saturated carbocycles. The maximum absolute atomic E-state index is 12.3. The Morgan fingerprint density at radius 1 is 1.23 bits per heavy atom. The van der Waals surface area contributed by atoms with Gasteiger partial charge in [-0.05, 0) is 25.0 Å². The van der Waals surface area contributed by atoms with E-state index in [9.17, 15) is 4.79 Å². The molecule has 1 fully saturated rings. The number of hydrogen-bond acceptors (Lipinski definition) is 6. The van der Waals surface area contributed by atoms with Crippen LogP contribution in [0.3, 0.4) is 0 Å². The van der Waals surface area contributed by atoms with Crippen molar-refractivity contribution in [2.75, 3.05) is 26.2 Å². The Kier molecular flexibility index (Phi) is 4.90. The summed E-state index contributed by atoms with van der Waals surface area (Å²) in [5.74, 6) is 2.54. The molecule has 0 radical (unpaired) electrons. The largest absolute Gasteiger partial charge is 0.486 e. The molecular formula is C18H22N4O4. The number of urea groups is 1. The van der Waals surface area contributed by atoms with Gasteiger partial charge in [-0.25, -0.2) is 4.79 Å². The van der Waals surface area contributed by atoms with Crippen LogP contribution in [0.15, 0.2) is 35.2 Å². The van der Waals surface area contributed by atoms with E-state index in [0.717, 1.165) is 30.2 Å². The van der Waals surface area contributed by atoms with Gasteiger partial charge in [0.1, 0.15) is 12.7 Å². The van der Waals surface area contributed by atoms with Crippen molar-refractivity contribution < 1.29 is 18.8 Å². The Bertz CT molecular complexity index is 729. The van der Waals surface area contributed by atoms with Crippen molar-refractivity contribution in [1.29, 1.82) is 0 Å². The van der Waals surface area contributed by atoms with Crippen LogP contribution in [0.1, 0.15) is 31.0 Å². The van der Waals surface area contributed by atoms with Gasteiger partial charge in [-0.3, -0.25) is 0 Å². The summed E-state index contributed by atoms with van der Waals surface area (Å²) >= 11 is 0. The first-order chi connectivity index (χ1) is 12.8. The SMILES string of the molecule is O=C(NCCC1COc2ccccc2O1)N1CCC(c2ncon2)CC1. The highest BCUT2D eigenvalue weighted by Crippen LogP contribution is 2.31. The first kappa shape index (κ1) is 16.7. The van der Waals surface area contributed by atoms with Crippen molar-refractivity contribution >= 4 is 6.03 Å². The zero-order valence-electron chi connectivity index (χ0n) is 14.5. The molecule has 1 aromatic carbocycles. The fraction of sp³-hybridized carbons (Fsp3) is 0.500. The van der Waals surface area contributed by atoms with Crippen molar-refractivity contribution in [2.24, 2.45) is 0 Å². The van der Waals surface area contributed by atoms with Gasteiger partial charge >= 0.3 is 6.03 Å². The molecule has 2 aliphatic rings. The number of fused-ring (bicyclic) bond motifs is 1. The number of para-hydroxylation sites is 2. The highest BCUT2D eigenvalue weighted by Gasteiger charge is 2.26. The quantitative estimate of drug-likeness (QED) is 0.901. The number of nitrogens with one attached hydrogen (secondary N) is 1. The van der Waals surface area contributed by atoms with Crippen LogP contribution in [-0.2, 0) is 0 Å². The van der Waals surface area contributed by atoms with E-state index in [1.807, 2.05) is 29.2 Å². The molecule has 1 unspecified atom stereocenters. The number of likely N-dealkylation sites (tertiary alicyclic amines) is 1. The molecule has 8 heteroatoms. The maximum atomic E-state index is 12.3. The number of aromatic nitrogens is 2. The number of ether oxygens (including phenoxy) is 2. The average molecular weight is 358 g/mol. The first-order valence-corrected chi connectivity index (χ1v) is 8.97. The summed E-state index contributed by atoms with van der Waals surface area (Å²) in [6.45, 7) is 2.45. The molecule has 0 bridgehead atoms. The lowest BCUT2D eigenvalue weighted by molar-refractivity contribution is 0.0848. The molecular weight excluding hydrogens is 336 g/mol. The summed E-state index contributed by atoms with van der Waals surface area (Å²) < 4.78 is 16.4. The Morgan fingerprint density at radius 3 is 2.81 bits per heavy atom. The summed E-state index contributed by atoms with van der Waals surface area (Å²) in [5, 5.41) is 6.87. The summed E-state index contributed by atoms with van der Waals surface area (Å²) in [7, 11) is 0. The van der Waals surface area contributed by atoms with Gasteiger partial charge in [-0.1, -0.05) is 17.3 Å². The van der Waals surface area contributed by atoms with Gasteiger partial charge < -0.3 is 24.2 Å². The molecule has 1 saturated heterocycles. The topological polar surface area (TPSA) is 89.7 Å². The van der Waals surface area contributed by atoms with Crippen molar-refractivity contribution in [3.05, 3.63) is 36.5 Å². The second kappa shape index (κ2) is 7.63. The van der Waals surface area contributed by atoms with Crippen LogP contribution in [0.4, 0.5) is 4.79 Å². The monoisotopic (exact) mass is 358 g/mol. The standard InChI is InChI=1S/C18H22N4O4/c23-18(22-9-6-13(7-10-22)17-20-12-25-21-17)19-8-5-14-11-24-15-3-1-2-4-16(15)26-14/h1-4,12-14H,5-11H2,(H,19,23). The smallest absolute Gasteiger partial charge is 0.317 e. The van der Waals surface area contributed by atoms with Crippen LogP contribution in [0.2, 0.25) is 0 Å². The molecule has 0 spiro atoms. The van der Waals surface area contributed by atoms with Crippen LogP contribution >= 0.6 is 0 Å². The minimum Gasteiger partial charge on any atom is -0.486 e. The highest BCUT2D eigenvalue weighted by molar-refractivity contribution is 5.74. The molecule has 4 rings (SSSR count). The van der Waals surface area contributed by atoms with Gasteiger partial charge in [0, 0.05) is 32.0 Å². The zero-order chi connectivity index (χ0) is 17.8. The van der Waals surface area contributed by atoms with Gasteiger partial charge in [0.25, 0.3) is 0 Å². The van der Waals surface area contributed by atoms with E-state index in [1.165, 1.54) is 6.39 Å². The van der Waals surface area contributed by atoms with E-state index < -0.39 is 0 Å². The summed E-state index contributed by atoms with van der Waals surface area (Å²) in [5.41, 5.74) is 0. The van der Waals surface area contributed by atoms with Crippen LogP contribution in [0.25, 0.3) is 0 Å². The lowest BCUT2D eigenvalue weighted by Gasteiger charge is -2.31. The Hall–Kier alpha value is -2.77. The lowest BCUT2D eigenvalue weighted by Crippen LogP contribution is -2.45. The van der Waals surface area contributed by atoms with Crippen LogP contribution < -0.4 is 14.8 Å². The molecule has 1 N–H and O–H groups in total. The van der Waals surface area contributed by atoms with Gasteiger partial charge in [-0.2, -0.15) is 4.98 Å². The number of hydrogen-bond donors (Lipinski definition) is 1. The third-order valence-electron chi connectivity index (χ3n) is 4.84. The Morgan fingerprint density at radius 2 is 2.04 bits per heavy atom. The fourth-order valence-corrected chi connectivity index (χ4v) is 3.36. The molecule has 2 aliphatic heterocycles. The molecule has 0 aliphatic carbocycles. The van der Waals surface area contributed by atoms with Crippen LogP contribution in [-0.4, -0.2) is 53.4 Å². The molecule has 138 valence electrons. The minimum atomic E-state index is -0.0471. The highest BCUT2D eigenvalue weighted by atomic mass is 16.6. The molecule has 2 aromatic rings. The van der Waals surface area contributed by atoms with Crippen molar-refractivity contribution in [3.8, 4) is 11.5 Å². The van der Waals surface area contributed by atoms with Crippen molar-refractivity contribution in [1.82, 2.24) is 20.4 Å². The van der Waals surface area contributed by atoms with Gasteiger partial charge in [-0.15, -0.1) is 0 Å². The predicted molar refractivity (Wildman–Crippen MR) is 92.2 cm³/mol. The third-order valence-corrected chi connectivity index (χ3v) is 4.84. The molecule has 1 aromatic heterocycles. The number of nitrogens with zero attached hydrogens (tertiary/aromatic N) is 3. The van der Waals surface area contributed by atoms with E-state index in [0.29, 0.717) is 32.7 Å². The zero-order valence-corrected chi connectivity index (χ0v) is 14.5. The van der Waals surface area contributed by atoms with Crippen molar-refractivity contribution in [3.63, 3.8) is 0 Å². The second-order valence-corrected chi connectivity index (χ2v) is 6.57. The third kappa shape index (κ3) is 3.74. The van der Waals surface area contributed by atoms with Crippen molar-refractivity contribution in [2.45, 2.75) is 31.3 Å². The van der Waals surface area contributed by atoms with Crippen LogP contribution in [0.5, 0.6) is 11.5 Å². The molecule has 3 heterocycles. The average Bonchev–Trinajstić information content (AvgIpc) is 3.23. The Balaban J connectivity index is 1.18. The van der Waals surface area contributed by atoms with Gasteiger partial charge in [0.15, 0.2) is 17.3 Å². The first-order valence-electron chi connectivity index (χ1n) is 8.97. The van der Waals surface area contributed by atoms with E-state index in [-0.39, 0.29) is 18.1 Å². The van der Waals surface area contributed by atoms with E-state index in [2.05, 4.69) is 15.5 Å². The van der Waals surface area contributed by atoms with Gasteiger partial charge in [0.05, 0.1) is 0 Å². The van der Waals surface area contributed by atoms with E-state index in [4.69, 9.17) is 14.0 Å². The minimum absolute atomic E-state index is 0.0336. The maximum Gasteiger partial charge on any atom is 0.317 e. The second-order valence-electron chi connectivity index (χ2n) is 6.57. The number of amides is 2. The fourth-order valence-electron chi connectivity index (χ4n) is 3.36. The Labute approximate surface area is 151 Å². The molecule has 26 heavy (non-hydrogen) atoms. The van der Waals surface area contributed by atoms with E-state index in [1.54, 1.807) is 0 Å². The number of carbonyl (C=O) groups excluding carboxylic acids is 1. The molecule has 8 nitrogen and oxygen atoms in total.